The van der Waals surface area contributed by atoms with E-state index in [2.05, 4.69) is 5.32 Å². The van der Waals surface area contributed by atoms with E-state index in [0.717, 1.165) is 12.8 Å². The number of carbonyl (C=O) groups is 2. The van der Waals surface area contributed by atoms with Crippen LogP contribution < -0.4 is 11.1 Å². The normalized spacial score (nSPS) is 17.6. The Kier molecular flexibility index (Phi) is 7.08. The third-order valence-electron chi connectivity index (χ3n) is 2.52. The predicted octanol–water partition coefficient (Wildman–Crippen LogP) is -0.116. The Hall–Kier alpha value is -0.810. The first kappa shape index (κ1) is 15.2. The standard InChI is InChI=1S/C10H19N3O2.ClH/c1-8(6-11)12-9(14)7-13-5-3-2-4-10(13)15;/h8H,2-7,11H2,1H3,(H,12,14);1H/t8-;/m0./s1. The van der Waals surface area contributed by atoms with Gasteiger partial charge in [-0.1, -0.05) is 0 Å². The second-order valence-electron chi connectivity index (χ2n) is 3.98. The lowest BCUT2D eigenvalue weighted by atomic mass is 10.1. The Labute approximate surface area is 102 Å². The van der Waals surface area contributed by atoms with Gasteiger partial charge in [-0.25, -0.2) is 0 Å². The molecular formula is C10H20ClN3O2. The lowest BCUT2D eigenvalue weighted by molar-refractivity contribution is -0.138. The summed E-state index contributed by atoms with van der Waals surface area (Å²) in [6.07, 6.45) is 2.50. The zero-order valence-electron chi connectivity index (χ0n) is 9.57. The van der Waals surface area contributed by atoms with Crippen LogP contribution in [0.1, 0.15) is 26.2 Å². The van der Waals surface area contributed by atoms with E-state index >= 15 is 0 Å². The zero-order chi connectivity index (χ0) is 11.3. The molecule has 1 saturated heterocycles. The Morgan fingerprint density at radius 3 is 2.81 bits per heavy atom. The van der Waals surface area contributed by atoms with Crippen LogP contribution in [-0.4, -0.2) is 42.4 Å². The van der Waals surface area contributed by atoms with E-state index in [1.165, 1.54) is 0 Å². The molecule has 0 aromatic heterocycles. The highest BCUT2D eigenvalue weighted by Crippen LogP contribution is 2.09. The summed E-state index contributed by atoms with van der Waals surface area (Å²) in [6.45, 7) is 3.13. The molecule has 0 unspecified atom stereocenters. The van der Waals surface area contributed by atoms with Gasteiger partial charge in [-0.2, -0.15) is 0 Å². The number of halogens is 1. The van der Waals surface area contributed by atoms with E-state index in [1.807, 2.05) is 6.92 Å². The summed E-state index contributed by atoms with van der Waals surface area (Å²) in [5.41, 5.74) is 5.39. The van der Waals surface area contributed by atoms with Gasteiger partial charge in [0.25, 0.3) is 0 Å². The minimum Gasteiger partial charge on any atom is -0.351 e. The first-order valence-electron chi connectivity index (χ1n) is 5.40. The molecule has 2 amide bonds. The van der Waals surface area contributed by atoms with Crippen LogP contribution in [0.3, 0.4) is 0 Å². The van der Waals surface area contributed by atoms with Crippen molar-refractivity contribution in [1.82, 2.24) is 10.2 Å². The highest BCUT2D eigenvalue weighted by molar-refractivity contribution is 5.85. The van der Waals surface area contributed by atoms with Crippen LogP contribution in [0, 0.1) is 0 Å². The maximum absolute atomic E-state index is 11.5. The molecule has 0 bridgehead atoms. The van der Waals surface area contributed by atoms with E-state index in [1.54, 1.807) is 4.90 Å². The van der Waals surface area contributed by atoms with Gasteiger partial charge in [0, 0.05) is 25.6 Å². The fourth-order valence-corrected chi connectivity index (χ4v) is 1.58. The average Bonchev–Trinajstić information content (AvgIpc) is 2.21. The van der Waals surface area contributed by atoms with Crippen LogP contribution in [0.2, 0.25) is 0 Å². The van der Waals surface area contributed by atoms with Crippen molar-refractivity contribution in [3.05, 3.63) is 0 Å². The number of nitrogens with two attached hydrogens (primary N) is 1. The van der Waals surface area contributed by atoms with Gasteiger partial charge < -0.3 is 16.0 Å². The average molecular weight is 250 g/mol. The van der Waals surface area contributed by atoms with Crippen molar-refractivity contribution >= 4 is 24.2 Å². The van der Waals surface area contributed by atoms with Crippen molar-refractivity contribution in [3.8, 4) is 0 Å². The number of likely N-dealkylation sites (tertiary alicyclic amines) is 1. The summed E-state index contributed by atoms with van der Waals surface area (Å²) >= 11 is 0. The van der Waals surface area contributed by atoms with Crippen LogP contribution in [0.5, 0.6) is 0 Å². The van der Waals surface area contributed by atoms with Crippen LogP contribution in [0.25, 0.3) is 0 Å². The number of hydrogen-bond acceptors (Lipinski definition) is 3. The molecule has 6 heteroatoms. The van der Waals surface area contributed by atoms with Gasteiger partial charge in [0.1, 0.15) is 0 Å². The maximum Gasteiger partial charge on any atom is 0.239 e. The van der Waals surface area contributed by atoms with Crippen LogP contribution in [-0.2, 0) is 9.59 Å². The number of amides is 2. The Bertz CT molecular complexity index is 248. The summed E-state index contributed by atoms with van der Waals surface area (Å²) in [4.78, 5) is 24.5. The number of piperidine rings is 1. The molecule has 1 aliphatic rings. The lowest BCUT2D eigenvalue weighted by Crippen LogP contribution is -2.46. The number of nitrogens with one attached hydrogen (secondary N) is 1. The molecule has 1 heterocycles. The molecule has 0 aromatic carbocycles. The molecule has 5 nitrogen and oxygen atoms in total. The van der Waals surface area contributed by atoms with Gasteiger partial charge >= 0.3 is 0 Å². The fraction of sp³-hybridized carbons (Fsp3) is 0.800. The second kappa shape index (κ2) is 7.46. The third kappa shape index (κ3) is 4.81. The van der Waals surface area contributed by atoms with Gasteiger partial charge in [0.2, 0.25) is 11.8 Å². The van der Waals surface area contributed by atoms with Gasteiger partial charge in [-0.3, -0.25) is 9.59 Å². The summed E-state index contributed by atoms with van der Waals surface area (Å²) < 4.78 is 0. The molecule has 0 saturated carbocycles. The highest BCUT2D eigenvalue weighted by Gasteiger charge is 2.20. The molecule has 1 aliphatic heterocycles. The number of hydrogen-bond donors (Lipinski definition) is 2. The van der Waals surface area contributed by atoms with E-state index in [-0.39, 0.29) is 36.8 Å². The molecule has 0 radical (unpaired) electrons. The Morgan fingerprint density at radius 2 is 2.25 bits per heavy atom. The summed E-state index contributed by atoms with van der Waals surface area (Å²) in [5.74, 6) is -0.0417. The predicted molar refractivity (Wildman–Crippen MR) is 64.3 cm³/mol. The van der Waals surface area contributed by atoms with Gasteiger partial charge in [-0.05, 0) is 19.8 Å². The maximum atomic E-state index is 11.5. The molecule has 0 aliphatic carbocycles. The first-order valence-corrected chi connectivity index (χ1v) is 5.40. The second-order valence-corrected chi connectivity index (χ2v) is 3.98. The van der Waals surface area contributed by atoms with Gasteiger partial charge in [0.05, 0.1) is 6.54 Å². The minimum absolute atomic E-state index is 0. The molecule has 3 N–H and O–H groups in total. The number of carbonyl (C=O) groups excluding carboxylic acids is 2. The van der Waals surface area contributed by atoms with E-state index < -0.39 is 0 Å². The van der Waals surface area contributed by atoms with Gasteiger partial charge in [0.15, 0.2) is 0 Å². The number of nitrogens with zero attached hydrogens (tertiary/aromatic N) is 1. The van der Waals surface area contributed by atoms with Crippen molar-refractivity contribution in [3.63, 3.8) is 0 Å². The minimum atomic E-state index is -0.122. The topological polar surface area (TPSA) is 75.4 Å². The van der Waals surface area contributed by atoms with Crippen molar-refractivity contribution in [1.29, 1.82) is 0 Å². The molecule has 0 spiro atoms. The smallest absolute Gasteiger partial charge is 0.239 e. The molecule has 94 valence electrons. The largest absolute Gasteiger partial charge is 0.351 e. The quantitative estimate of drug-likeness (QED) is 0.730. The van der Waals surface area contributed by atoms with Crippen LogP contribution in [0.15, 0.2) is 0 Å². The zero-order valence-corrected chi connectivity index (χ0v) is 10.4. The molecule has 1 atom stereocenters. The van der Waals surface area contributed by atoms with Crippen LogP contribution >= 0.6 is 12.4 Å². The third-order valence-corrected chi connectivity index (χ3v) is 2.52. The lowest BCUT2D eigenvalue weighted by Gasteiger charge is -2.26. The molecule has 16 heavy (non-hydrogen) atoms. The van der Waals surface area contributed by atoms with Crippen molar-refractivity contribution in [2.75, 3.05) is 19.6 Å². The Morgan fingerprint density at radius 1 is 1.56 bits per heavy atom. The first-order chi connectivity index (χ1) is 7.13. The highest BCUT2D eigenvalue weighted by atomic mass is 35.5. The van der Waals surface area contributed by atoms with E-state index in [0.29, 0.717) is 19.5 Å². The van der Waals surface area contributed by atoms with Crippen molar-refractivity contribution in [2.24, 2.45) is 5.73 Å². The van der Waals surface area contributed by atoms with E-state index in [4.69, 9.17) is 5.73 Å². The van der Waals surface area contributed by atoms with Crippen molar-refractivity contribution in [2.45, 2.75) is 32.2 Å². The van der Waals surface area contributed by atoms with Crippen LogP contribution in [0.4, 0.5) is 0 Å². The SMILES string of the molecule is C[C@@H](CN)NC(=O)CN1CCCCC1=O.Cl. The molecule has 1 rings (SSSR count). The fourth-order valence-electron chi connectivity index (χ4n) is 1.58. The summed E-state index contributed by atoms with van der Waals surface area (Å²) in [5, 5.41) is 2.74. The molecule has 0 aromatic rings. The van der Waals surface area contributed by atoms with E-state index in [9.17, 15) is 9.59 Å². The monoisotopic (exact) mass is 249 g/mol. The molecular weight excluding hydrogens is 230 g/mol. The summed E-state index contributed by atoms with van der Waals surface area (Å²) in [7, 11) is 0. The Balaban J connectivity index is 0.00000225. The number of rotatable bonds is 4. The molecule has 1 fully saturated rings. The van der Waals surface area contributed by atoms with Gasteiger partial charge in [-0.15, -0.1) is 12.4 Å². The summed E-state index contributed by atoms with van der Waals surface area (Å²) in [6, 6.07) is -0.0302. The van der Waals surface area contributed by atoms with Crippen molar-refractivity contribution < 1.29 is 9.59 Å².